The molecule has 0 bridgehead atoms. The van der Waals surface area contributed by atoms with E-state index in [4.69, 9.17) is 9.47 Å². The lowest BCUT2D eigenvalue weighted by molar-refractivity contribution is -0.125. The third-order valence-corrected chi connectivity index (χ3v) is 4.01. The first-order valence-electron chi connectivity index (χ1n) is 7.80. The van der Waals surface area contributed by atoms with Crippen LogP contribution >= 0.6 is 0 Å². The molecule has 22 heavy (non-hydrogen) atoms. The zero-order valence-corrected chi connectivity index (χ0v) is 12.9. The van der Waals surface area contributed by atoms with E-state index >= 15 is 0 Å². The normalized spacial score (nSPS) is 24.3. The number of hydrogen-bond acceptors (Lipinski definition) is 6. The number of morpholine rings is 1. The highest BCUT2D eigenvalue weighted by Crippen LogP contribution is 2.18. The molecule has 0 radical (unpaired) electrons. The molecule has 1 aromatic rings. The van der Waals surface area contributed by atoms with Crippen molar-refractivity contribution in [3.8, 4) is 0 Å². The molecule has 2 fully saturated rings. The Morgan fingerprint density at radius 3 is 2.95 bits per heavy atom. The Morgan fingerprint density at radius 1 is 1.41 bits per heavy atom. The highest BCUT2D eigenvalue weighted by Gasteiger charge is 2.26. The lowest BCUT2D eigenvalue weighted by Gasteiger charge is -2.31. The fraction of sp³-hybridized carbons (Fsp3) is 0.786. The minimum Gasteiger partial charge on any atom is -0.381 e. The Morgan fingerprint density at radius 2 is 2.23 bits per heavy atom. The van der Waals surface area contributed by atoms with Crippen LogP contribution in [0.5, 0.6) is 0 Å². The van der Waals surface area contributed by atoms with Crippen molar-refractivity contribution in [2.45, 2.75) is 31.9 Å². The Hall–Kier alpha value is -1.51. The summed E-state index contributed by atoms with van der Waals surface area (Å²) < 4.78 is 11.0. The number of aryl methyl sites for hydroxylation is 1. The Balaban J connectivity index is 1.48. The van der Waals surface area contributed by atoms with Crippen LogP contribution in [-0.2, 0) is 14.3 Å². The predicted molar refractivity (Wildman–Crippen MR) is 78.2 cm³/mol. The number of nitrogens with zero attached hydrogens (tertiary/aromatic N) is 3. The molecule has 8 nitrogen and oxygen atoms in total. The van der Waals surface area contributed by atoms with E-state index in [0.29, 0.717) is 25.5 Å². The van der Waals surface area contributed by atoms with Crippen LogP contribution in [0, 0.1) is 6.92 Å². The average molecular weight is 309 g/mol. The van der Waals surface area contributed by atoms with Crippen LogP contribution in [-0.4, -0.2) is 71.5 Å². The SMILES string of the molecule is Cc1nc(C2CN(CC(=O)NC3CCOCC3)CCO2)n[nH]1. The largest absolute Gasteiger partial charge is 0.381 e. The first-order valence-corrected chi connectivity index (χ1v) is 7.80. The summed E-state index contributed by atoms with van der Waals surface area (Å²) in [5, 5.41) is 10.1. The summed E-state index contributed by atoms with van der Waals surface area (Å²) in [4.78, 5) is 18.6. The van der Waals surface area contributed by atoms with E-state index < -0.39 is 0 Å². The van der Waals surface area contributed by atoms with Gasteiger partial charge in [0.25, 0.3) is 0 Å². The summed E-state index contributed by atoms with van der Waals surface area (Å²) >= 11 is 0. The highest BCUT2D eigenvalue weighted by molar-refractivity contribution is 5.78. The molecule has 0 aliphatic carbocycles. The molecule has 1 unspecified atom stereocenters. The number of carbonyl (C=O) groups is 1. The minimum atomic E-state index is -0.172. The Labute approximate surface area is 129 Å². The smallest absolute Gasteiger partial charge is 0.234 e. The van der Waals surface area contributed by atoms with Crippen LogP contribution in [0.15, 0.2) is 0 Å². The number of amides is 1. The van der Waals surface area contributed by atoms with E-state index in [-0.39, 0.29) is 18.1 Å². The molecular weight excluding hydrogens is 286 g/mol. The maximum absolute atomic E-state index is 12.2. The maximum atomic E-state index is 12.2. The topological polar surface area (TPSA) is 92.4 Å². The fourth-order valence-corrected chi connectivity index (χ4v) is 2.82. The van der Waals surface area contributed by atoms with E-state index in [1.165, 1.54) is 0 Å². The van der Waals surface area contributed by atoms with Gasteiger partial charge in [0.15, 0.2) is 5.82 Å². The van der Waals surface area contributed by atoms with E-state index in [1.54, 1.807) is 0 Å². The number of rotatable bonds is 4. The quantitative estimate of drug-likeness (QED) is 0.799. The molecule has 8 heteroatoms. The maximum Gasteiger partial charge on any atom is 0.234 e. The van der Waals surface area contributed by atoms with Gasteiger partial charge in [-0.1, -0.05) is 0 Å². The Kier molecular flexibility index (Phi) is 5.01. The van der Waals surface area contributed by atoms with Gasteiger partial charge in [-0.05, 0) is 19.8 Å². The standard InChI is InChI=1S/C14H23N5O3/c1-10-15-14(18-17-10)12-8-19(4-7-22-12)9-13(20)16-11-2-5-21-6-3-11/h11-12H,2-9H2,1H3,(H,16,20)(H,15,17,18). The van der Waals surface area contributed by atoms with Gasteiger partial charge >= 0.3 is 0 Å². The van der Waals surface area contributed by atoms with E-state index in [9.17, 15) is 4.79 Å². The van der Waals surface area contributed by atoms with Crippen molar-refractivity contribution in [2.24, 2.45) is 0 Å². The van der Waals surface area contributed by atoms with Crippen molar-refractivity contribution in [3.63, 3.8) is 0 Å². The number of ether oxygens (including phenoxy) is 2. The van der Waals surface area contributed by atoms with Crippen LogP contribution in [0.4, 0.5) is 0 Å². The zero-order chi connectivity index (χ0) is 15.4. The molecule has 1 atom stereocenters. The third-order valence-electron chi connectivity index (χ3n) is 4.01. The van der Waals surface area contributed by atoms with E-state index in [2.05, 4.69) is 25.4 Å². The van der Waals surface area contributed by atoms with Crippen molar-refractivity contribution in [1.29, 1.82) is 0 Å². The lowest BCUT2D eigenvalue weighted by atomic mass is 10.1. The van der Waals surface area contributed by atoms with Crippen LogP contribution < -0.4 is 5.32 Å². The molecule has 2 N–H and O–H groups in total. The number of aromatic amines is 1. The van der Waals surface area contributed by atoms with Gasteiger partial charge in [0.05, 0.1) is 13.2 Å². The van der Waals surface area contributed by atoms with Gasteiger partial charge in [-0.3, -0.25) is 14.8 Å². The molecular formula is C14H23N5O3. The second kappa shape index (κ2) is 7.17. The molecule has 2 aliphatic rings. The molecule has 0 aromatic carbocycles. The zero-order valence-electron chi connectivity index (χ0n) is 12.9. The second-order valence-corrected chi connectivity index (χ2v) is 5.83. The van der Waals surface area contributed by atoms with Crippen molar-refractivity contribution in [3.05, 3.63) is 11.6 Å². The van der Waals surface area contributed by atoms with Gasteiger partial charge in [-0.15, -0.1) is 0 Å². The third kappa shape index (κ3) is 4.02. The van der Waals surface area contributed by atoms with Crippen LogP contribution in [0.25, 0.3) is 0 Å². The fourth-order valence-electron chi connectivity index (χ4n) is 2.82. The monoisotopic (exact) mass is 309 g/mol. The van der Waals surface area contributed by atoms with Crippen LogP contribution in [0.2, 0.25) is 0 Å². The minimum absolute atomic E-state index is 0.0683. The van der Waals surface area contributed by atoms with Gasteiger partial charge in [0.1, 0.15) is 11.9 Å². The molecule has 3 rings (SSSR count). The van der Waals surface area contributed by atoms with Gasteiger partial charge in [0, 0.05) is 32.3 Å². The van der Waals surface area contributed by atoms with Gasteiger partial charge < -0.3 is 14.8 Å². The van der Waals surface area contributed by atoms with Crippen LogP contribution in [0.1, 0.15) is 30.6 Å². The summed E-state index contributed by atoms with van der Waals surface area (Å²) in [5.41, 5.74) is 0. The first-order chi connectivity index (χ1) is 10.7. The molecule has 0 saturated carbocycles. The van der Waals surface area contributed by atoms with E-state index in [0.717, 1.165) is 38.4 Å². The van der Waals surface area contributed by atoms with Crippen molar-refractivity contribution >= 4 is 5.91 Å². The molecule has 2 saturated heterocycles. The number of H-pyrrole nitrogens is 1. The molecule has 3 heterocycles. The number of carbonyl (C=O) groups excluding carboxylic acids is 1. The summed E-state index contributed by atoms with van der Waals surface area (Å²) in [6.07, 6.45) is 1.62. The lowest BCUT2D eigenvalue weighted by Crippen LogP contribution is -2.47. The second-order valence-electron chi connectivity index (χ2n) is 5.83. The van der Waals surface area contributed by atoms with E-state index in [1.807, 2.05) is 6.92 Å². The molecule has 2 aliphatic heterocycles. The molecule has 0 spiro atoms. The number of nitrogens with one attached hydrogen (secondary N) is 2. The van der Waals surface area contributed by atoms with Crippen molar-refractivity contribution < 1.29 is 14.3 Å². The van der Waals surface area contributed by atoms with Crippen LogP contribution in [0.3, 0.4) is 0 Å². The first kappa shape index (κ1) is 15.4. The number of aromatic nitrogens is 3. The van der Waals surface area contributed by atoms with Gasteiger partial charge in [-0.25, -0.2) is 4.98 Å². The van der Waals surface area contributed by atoms with Gasteiger partial charge in [0.2, 0.25) is 5.91 Å². The highest BCUT2D eigenvalue weighted by atomic mass is 16.5. The Bertz CT molecular complexity index is 500. The van der Waals surface area contributed by atoms with Crippen molar-refractivity contribution in [2.75, 3.05) is 39.5 Å². The molecule has 1 aromatic heterocycles. The molecule has 1 amide bonds. The predicted octanol–water partition coefficient (Wildman–Crippen LogP) is -0.218. The summed E-state index contributed by atoms with van der Waals surface area (Å²) in [7, 11) is 0. The van der Waals surface area contributed by atoms with Crippen molar-refractivity contribution in [1.82, 2.24) is 25.4 Å². The summed E-state index contributed by atoms with van der Waals surface area (Å²) in [5.74, 6) is 1.50. The number of hydrogen-bond donors (Lipinski definition) is 2. The van der Waals surface area contributed by atoms with Gasteiger partial charge in [-0.2, -0.15) is 5.10 Å². The summed E-state index contributed by atoms with van der Waals surface area (Å²) in [6.45, 7) is 5.69. The molecule has 122 valence electrons. The summed E-state index contributed by atoms with van der Waals surface area (Å²) in [6, 6.07) is 0.244. The average Bonchev–Trinajstić information content (AvgIpc) is 2.95.